The zero-order valence-corrected chi connectivity index (χ0v) is 18.6. The van der Waals surface area contributed by atoms with Crippen molar-refractivity contribution in [2.45, 2.75) is 31.7 Å². The number of nitrogens with one attached hydrogen (secondary N) is 2. The number of hydrogen-bond donors (Lipinski definition) is 2. The van der Waals surface area contributed by atoms with Crippen molar-refractivity contribution < 1.29 is 26.1 Å². The second-order valence-electron chi connectivity index (χ2n) is 6.16. The number of piperidine rings is 1. The molecule has 2 rings (SSSR count). The summed E-state index contributed by atoms with van der Waals surface area (Å²) in [5, 5.41) is 9.87. The van der Waals surface area contributed by atoms with Gasteiger partial charge in [-0.15, -0.1) is 24.0 Å². The van der Waals surface area contributed by atoms with Crippen molar-refractivity contribution in [2.24, 2.45) is 10.9 Å². The van der Waals surface area contributed by atoms with Gasteiger partial charge in [0.05, 0.1) is 0 Å². The minimum absolute atomic E-state index is 0. The Kier molecular flexibility index (Phi) is 9.39. The van der Waals surface area contributed by atoms with Crippen LogP contribution in [0.15, 0.2) is 9.52 Å². The number of aryl methyl sites for hydroxylation is 1. The quantitative estimate of drug-likeness (QED) is 0.318. The molecule has 28 heavy (non-hydrogen) atoms. The standard InChI is InChI=1S/C14H23F3N6O3S.HI/c1-10-21-12(26-22-10)3-6-19-13(18-2)20-9-11-4-7-23(8-5-11)27(24,25)14(15,16)17;/h11H,3-9H2,1-2H3,(H2,18,19,20);1H. The number of aliphatic imine (C=N–C) groups is 1. The lowest BCUT2D eigenvalue weighted by molar-refractivity contribution is -0.0496. The topological polar surface area (TPSA) is 113 Å². The SMILES string of the molecule is CN=C(NCCc1nc(C)no1)NCC1CCN(S(=O)(=O)C(F)(F)F)CC1.I. The molecule has 0 aliphatic carbocycles. The molecule has 1 aliphatic rings. The summed E-state index contributed by atoms with van der Waals surface area (Å²) in [4.78, 5) is 8.15. The van der Waals surface area contributed by atoms with Gasteiger partial charge in [-0.25, -0.2) is 8.42 Å². The van der Waals surface area contributed by atoms with Crippen LogP contribution in [0.3, 0.4) is 0 Å². The Morgan fingerprint density at radius 3 is 2.46 bits per heavy atom. The lowest BCUT2D eigenvalue weighted by atomic mass is 9.98. The summed E-state index contributed by atoms with van der Waals surface area (Å²) in [5.74, 6) is 1.67. The summed E-state index contributed by atoms with van der Waals surface area (Å²) >= 11 is 0. The van der Waals surface area contributed by atoms with Gasteiger partial charge in [0.15, 0.2) is 11.8 Å². The van der Waals surface area contributed by atoms with Crippen LogP contribution in [0.1, 0.15) is 24.6 Å². The number of alkyl halides is 3. The van der Waals surface area contributed by atoms with Crippen LogP contribution in [0, 0.1) is 12.8 Å². The second kappa shape index (κ2) is 10.6. The molecule has 9 nitrogen and oxygen atoms in total. The fourth-order valence-corrected chi connectivity index (χ4v) is 3.68. The Hall–Kier alpha value is -1.16. The molecule has 0 atom stereocenters. The van der Waals surface area contributed by atoms with Gasteiger partial charge in [-0.1, -0.05) is 5.16 Å². The van der Waals surface area contributed by atoms with E-state index >= 15 is 0 Å². The first-order chi connectivity index (χ1) is 12.6. The van der Waals surface area contributed by atoms with Gasteiger partial charge in [0.25, 0.3) is 0 Å². The van der Waals surface area contributed by atoms with Crippen LogP contribution in [0.25, 0.3) is 0 Å². The largest absolute Gasteiger partial charge is 0.511 e. The maximum atomic E-state index is 12.6. The molecular weight excluding hydrogens is 516 g/mol. The number of guanidine groups is 1. The highest BCUT2D eigenvalue weighted by Gasteiger charge is 2.50. The van der Waals surface area contributed by atoms with Crippen molar-refractivity contribution >= 4 is 40.0 Å². The molecule has 0 unspecified atom stereocenters. The monoisotopic (exact) mass is 540 g/mol. The Bertz CT molecular complexity index is 748. The van der Waals surface area contributed by atoms with Crippen LogP contribution in [0.5, 0.6) is 0 Å². The summed E-state index contributed by atoms with van der Waals surface area (Å²) < 4.78 is 66.0. The predicted octanol–water partition coefficient (Wildman–Crippen LogP) is 1.27. The van der Waals surface area contributed by atoms with Crippen molar-refractivity contribution in [1.82, 2.24) is 25.1 Å². The van der Waals surface area contributed by atoms with Crippen molar-refractivity contribution in [3.8, 4) is 0 Å². The summed E-state index contributed by atoms with van der Waals surface area (Å²) in [7, 11) is -3.64. The molecule has 2 N–H and O–H groups in total. The van der Waals surface area contributed by atoms with Gasteiger partial charge >= 0.3 is 15.5 Å². The molecule has 0 radical (unpaired) electrons. The molecule has 1 fully saturated rings. The number of rotatable bonds is 6. The predicted molar refractivity (Wildman–Crippen MR) is 107 cm³/mol. The van der Waals surface area contributed by atoms with Crippen LogP contribution in [-0.4, -0.2) is 67.6 Å². The summed E-state index contributed by atoms with van der Waals surface area (Å²) in [6.45, 7) is 2.45. The van der Waals surface area contributed by atoms with Crippen LogP contribution in [0.2, 0.25) is 0 Å². The highest BCUT2D eigenvalue weighted by molar-refractivity contribution is 14.0. The smallest absolute Gasteiger partial charge is 0.356 e. The van der Waals surface area contributed by atoms with Crippen molar-refractivity contribution in [3.63, 3.8) is 0 Å². The van der Waals surface area contributed by atoms with Gasteiger partial charge in [0, 0.05) is 39.6 Å². The maximum Gasteiger partial charge on any atom is 0.511 e. The van der Waals surface area contributed by atoms with E-state index in [9.17, 15) is 21.6 Å². The van der Waals surface area contributed by atoms with E-state index in [2.05, 4.69) is 25.8 Å². The van der Waals surface area contributed by atoms with Crippen molar-refractivity contribution in [1.29, 1.82) is 0 Å². The number of halogens is 4. The van der Waals surface area contributed by atoms with Crippen LogP contribution in [0.4, 0.5) is 13.2 Å². The zero-order valence-electron chi connectivity index (χ0n) is 15.5. The highest BCUT2D eigenvalue weighted by Crippen LogP contribution is 2.30. The van der Waals surface area contributed by atoms with Crippen LogP contribution < -0.4 is 10.6 Å². The van der Waals surface area contributed by atoms with Gasteiger partial charge in [0.1, 0.15) is 0 Å². The number of sulfonamides is 1. The first-order valence-corrected chi connectivity index (χ1v) is 9.87. The second-order valence-corrected chi connectivity index (χ2v) is 8.09. The molecule has 14 heteroatoms. The molecule has 1 aromatic heterocycles. The van der Waals surface area contributed by atoms with Gasteiger partial charge < -0.3 is 15.2 Å². The zero-order chi connectivity index (χ0) is 20.1. The minimum atomic E-state index is -5.25. The van der Waals surface area contributed by atoms with E-state index in [0.717, 1.165) is 0 Å². The maximum absolute atomic E-state index is 12.6. The van der Waals surface area contributed by atoms with E-state index in [4.69, 9.17) is 4.52 Å². The first kappa shape index (κ1) is 24.9. The van der Waals surface area contributed by atoms with Gasteiger partial charge in [-0.05, 0) is 25.7 Å². The first-order valence-electron chi connectivity index (χ1n) is 8.43. The van der Waals surface area contributed by atoms with Crippen molar-refractivity contribution in [3.05, 3.63) is 11.7 Å². The van der Waals surface area contributed by atoms with E-state index in [1.165, 1.54) is 0 Å². The molecule has 0 bridgehead atoms. The number of nitrogens with zero attached hydrogens (tertiary/aromatic N) is 4. The Morgan fingerprint density at radius 2 is 1.96 bits per heavy atom. The molecule has 1 aliphatic heterocycles. The van der Waals surface area contributed by atoms with Gasteiger partial charge in [-0.3, -0.25) is 4.99 Å². The third-order valence-electron chi connectivity index (χ3n) is 4.19. The van der Waals surface area contributed by atoms with E-state index in [-0.39, 0.29) is 43.0 Å². The number of hydrogen-bond acceptors (Lipinski definition) is 6. The highest BCUT2D eigenvalue weighted by atomic mass is 127. The summed E-state index contributed by atoms with van der Waals surface area (Å²) in [6, 6.07) is 0. The summed E-state index contributed by atoms with van der Waals surface area (Å²) in [6.07, 6.45) is 1.22. The Morgan fingerprint density at radius 1 is 1.32 bits per heavy atom. The van der Waals surface area contributed by atoms with E-state index < -0.39 is 15.5 Å². The van der Waals surface area contributed by atoms with Crippen LogP contribution >= 0.6 is 24.0 Å². The molecule has 1 saturated heterocycles. The lowest BCUT2D eigenvalue weighted by Crippen LogP contribution is -2.47. The van der Waals surface area contributed by atoms with Crippen molar-refractivity contribution in [2.75, 3.05) is 33.2 Å². The van der Waals surface area contributed by atoms with E-state index in [1.54, 1.807) is 14.0 Å². The Labute approximate surface area is 178 Å². The molecule has 0 saturated carbocycles. The fourth-order valence-electron chi connectivity index (χ4n) is 2.69. The normalized spacial score (nSPS) is 17.2. The minimum Gasteiger partial charge on any atom is -0.356 e. The molecule has 0 aromatic carbocycles. The fraction of sp³-hybridized carbons (Fsp3) is 0.786. The number of aromatic nitrogens is 2. The molecule has 1 aromatic rings. The third-order valence-corrected chi connectivity index (χ3v) is 5.82. The lowest BCUT2D eigenvalue weighted by Gasteiger charge is -2.31. The van der Waals surface area contributed by atoms with Gasteiger partial charge in [0.2, 0.25) is 5.89 Å². The molecular formula is C14H24F3IN6O3S. The van der Waals surface area contributed by atoms with E-state index in [1.807, 2.05) is 0 Å². The average molecular weight is 540 g/mol. The molecule has 162 valence electrons. The third kappa shape index (κ3) is 6.72. The van der Waals surface area contributed by atoms with Crippen LogP contribution in [-0.2, 0) is 16.4 Å². The average Bonchev–Trinajstić information content (AvgIpc) is 3.02. The molecule has 0 spiro atoms. The summed E-state index contributed by atoms with van der Waals surface area (Å²) in [5.41, 5.74) is -5.25. The molecule has 2 heterocycles. The molecule has 0 amide bonds. The van der Waals surface area contributed by atoms with E-state index in [0.29, 0.717) is 54.3 Å². The van der Waals surface area contributed by atoms with Gasteiger partial charge in [-0.2, -0.15) is 22.5 Å². The Balaban J connectivity index is 0.00000392.